The van der Waals surface area contributed by atoms with Gasteiger partial charge < -0.3 is 10.2 Å². The van der Waals surface area contributed by atoms with Gasteiger partial charge in [0.05, 0.1) is 5.52 Å². The van der Waals surface area contributed by atoms with Gasteiger partial charge in [-0.15, -0.1) is 0 Å². The minimum Gasteiger partial charge on any atom is -0.337 e. The molecule has 1 aliphatic heterocycles. The molecule has 1 fully saturated rings. The van der Waals surface area contributed by atoms with Crippen molar-refractivity contribution in [3.05, 3.63) is 42.1 Å². The minimum atomic E-state index is 0.255. The van der Waals surface area contributed by atoms with Crippen LogP contribution < -0.4 is 5.32 Å². The fourth-order valence-corrected chi connectivity index (χ4v) is 2.97. The first kappa shape index (κ1) is 14.0. The van der Waals surface area contributed by atoms with Gasteiger partial charge in [0.2, 0.25) is 5.91 Å². The standard InChI is InChI=1S/C17H21N3O/c1-13-12-18-10-11-20(13)17(21)7-6-14-8-9-19-16-5-3-2-4-15(14)16/h2-5,8-9,13,18H,6-7,10-12H2,1H3/t13-/m0/s1. The number of carbonyl (C=O) groups excluding carboxylic acids is 1. The summed E-state index contributed by atoms with van der Waals surface area (Å²) in [4.78, 5) is 18.8. The molecule has 1 N–H and O–H groups in total. The number of rotatable bonds is 3. The van der Waals surface area contributed by atoms with Crippen LogP contribution in [0.4, 0.5) is 0 Å². The van der Waals surface area contributed by atoms with Crippen LogP contribution >= 0.6 is 0 Å². The molecule has 1 aromatic carbocycles. The highest BCUT2D eigenvalue weighted by atomic mass is 16.2. The Balaban J connectivity index is 1.70. The quantitative estimate of drug-likeness (QED) is 0.937. The molecule has 0 spiro atoms. The molecule has 0 bridgehead atoms. The number of fused-ring (bicyclic) bond motifs is 1. The maximum absolute atomic E-state index is 12.4. The Labute approximate surface area is 125 Å². The summed E-state index contributed by atoms with van der Waals surface area (Å²) in [5, 5.41) is 4.47. The van der Waals surface area contributed by atoms with E-state index in [1.165, 1.54) is 5.56 Å². The van der Waals surface area contributed by atoms with E-state index < -0.39 is 0 Å². The van der Waals surface area contributed by atoms with E-state index in [1.54, 1.807) is 0 Å². The molecule has 2 heterocycles. The molecule has 1 saturated heterocycles. The Bertz CT molecular complexity index is 635. The van der Waals surface area contributed by atoms with Crippen molar-refractivity contribution < 1.29 is 4.79 Å². The minimum absolute atomic E-state index is 0.255. The van der Waals surface area contributed by atoms with Gasteiger partial charge in [0.1, 0.15) is 0 Å². The highest BCUT2D eigenvalue weighted by Crippen LogP contribution is 2.18. The zero-order valence-corrected chi connectivity index (χ0v) is 12.4. The zero-order valence-electron chi connectivity index (χ0n) is 12.4. The largest absolute Gasteiger partial charge is 0.337 e. The van der Waals surface area contributed by atoms with Crippen LogP contribution in [-0.2, 0) is 11.2 Å². The normalized spacial score (nSPS) is 18.9. The highest BCUT2D eigenvalue weighted by molar-refractivity contribution is 5.83. The second kappa shape index (κ2) is 6.22. The number of amides is 1. The van der Waals surface area contributed by atoms with E-state index >= 15 is 0 Å². The molecule has 4 heteroatoms. The van der Waals surface area contributed by atoms with Gasteiger partial charge in [-0.05, 0) is 31.0 Å². The maximum atomic E-state index is 12.4. The molecule has 2 aromatic rings. The van der Waals surface area contributed by atoms with Gasteiger partial charge >= 0.3 is 0 Å². The van der Waals surface area contributed by atoms with Crippen LogP contribution in [0.5, 0.6) is 0 Å². The van der Waals surface area contributed by atoms with Crippen LogP contribution in [0.1, 0.15) is 18.9 Å². The highest BCUT2D eigenvalue weighted by Gasteiger charge is 2.22. The van der Waals surface area contributed by atoms with E-state index in [0.29, 0.717) is 12.5 Å². The predicted molar refractivity (Wildman–Crippen MR) is 84.1 cm³/mol. The van der Waals surface area contributed by atoms with Crippen molar-refractivity contribution in [3.63, 3.8) is 0 Å². The molecule has 1 aromatic heterocycles. The molecular formula is C17H21N3O. The Hall–Kier alpha value is -1.94. The van der Waals surface area contributed by atoms with Crippen molar-refractivity contribution in [3.8, 4) is 0 Å². The number of nitrogens with zero attached hydrogens (tertiary/aromatic N) is 2. The van der Waals surface area contributed by atoms with Gasteiger partial charge in [0.15, 0.2) is 0 Å². The van der Waals surface area contributed by atoms with Gasteiger partial charge in [0.25, 0.3) is 0 Å². The van der Waals surface area contributed by atoms with Crippen molar-refractivity contribution in [2.24, 2.45) is 0 Å². The lowest BCUT2D eigenvalue weighted by atomic mass is 10.0. The first-order chi connectivity index (χ1) is 10.3. The molecule has 0 aliphatic carbocycles. The van der Waals surface area contributed by atoms with Crippen LogP contribution in [0.2, 0.25) is 0 Å². The lowest BCUT2D eigenvalue weighted by Gasteiger charge is -2.34. The van der Waals surface area contributed by atoms with Gasteiger partial charge in [-0.2, -0.15) is 0 Å². The Morgan fingerprint density at radius 1 is 1.38 bits per heavy atom. The summed E-state index contributed by atoms with van der Waals surface area (Å²) < 4.78 is 0. The summed E-state index contributed by atoms with van der Waals surface area (Å²) in [6, 6.07) is 10.4. The third kappa shape index (κ3) is 3.05. The third-order valence-electron chi connectivity index (χ3n) is 4.17. The molecule has 0 unspecified atom stereocenters. The Morgan fingerprint density at radius 3 is 3.10 bits per heavy atom. The third-order valence-corrected chi connectivity index (χ3v) is 4.17. The lowest BCUT2D eigenvalue weighted by Crippen LogP contribution is -2.52. The molecule has 0 saturated carbocycles. The molecule has 1 amide bonds. The first-order valence-corrected chi connectivity index (χ1v) is 7.58. The Kier molecular flexibility index (Phi) is 4.15. The van der Waals surface area contributed by atoms with E-state index in [4.69, 9.17) is 0 Å². The monoisotopic (exact) mass is 283 g/mol. The number of carbonyl (C=O) groups is 1. The number of benzene rings is 1. The van der Waals surface area contributed by atoms with Crippen molar-refractivity contribution in [1.82, 2.24) is 15.2 Å². The molecule has 110 valence electrons. The van der Waals surface area contributed by atoms with E-state index in [0.717, 1.165) is 37.0 Å². The molecule has 21 heavy (non-hydrogen) atoms. The fourth-order valence-electron chi connectivity index (χ4n) is 2.97. The smallest absolute Gasteiger partial charge is 0.223 e. The second-order valence-electron chi connectivity index (χ2n) is 5.63. The van der Waals surface area contributed by atoms with Crippen molar-refractivity contribution in [1.29, 1.82) is 0 Å². The first-order valence-electron chi connectivity index (χ1n) is 7.58. The average molecular weight is 283 g/mol. The molecular weight excluding hydrogens is 262 g/mol. The van der Waals surface area contributed by atoms with Crippen molar-refractivity contribution in [2.45, 2.75) is 25.8 Å². The SMILES string of the molecule is C[C@H]1CNCCN1C(=O)CCc1ccnc2ccccc12. The van der Waals surface area contributed by atoms with Gasteiger partial charge in [0, 0.05) is 43.7 Å². The Morgan fingerprint density at radius 2 is 2.24 bits per heavy atom. The number of hydrogen-bond donors (Lipinski definition) is 1. The van der Waals surface area contributed by atoms with E-state index in [9.17, 15) is 4.79 Å². The molecule has 1 aliphatic rings. The summed E-state index contributed by atoms with van der Waals surface area (Å²) in [6.07, 6.45) is 3.17. The number of aromatic nitrogens is 1. The number of para-hydroxylation sites is 1. The number of piperazine rings is 1. The van der Waals surface area contributed by atoms with Gasteiger partial charge in [-0.25, -0.2) is 0 Å². The van der Waals surface area contributed by atoms with Crippen LogP contribution in [0.25, 0.3) is 10.9 Å². The fraction of sp³-hybridized carbons (Fsp3) is 0.412. The lowest BCUT2D eigenvalue weighted by molar-refractivity contribution is -0.133. The van der Waals surface area contributed by atoms with E-state index in [1.807, 2.05) is 35.4 Å². The molecule has 0 radical (unpaired) electrons. The number of aryl methyl sites for hydroxylation is 1. The average Bonchev–Trinajstić information content (AvgIpc) is 2.53. The van der Waals surface area contributed by atoms with Crippen LogP contribution in [-0.4, -0.2) is 41.5 Å². The maximum Gasteiger partial charge on any atom is 0.223 e. The van der Waals surface area contributed by atoms with Crippen LogP contribution in [0.15, 0.2) is 36.5 Å². The predicted octanol–water partition coefficient (Wildman–Crippen LogP) is 1.99. The van der Waals surface area contributed by atoms with Crippen molar-refractivity contribution in [2.75, 3.05) is 19.6 Å². The summed E-state index contributed by atoms with van der Waals surface area (Å²) in [7, 11) is 0. The second-order valence-corrected chi connectivity index (χ2v) is 5.63. The molecule has 3 rings (SSSR count). The van der Waals surface area contributed by atoms with E-state index in [2.05, 4.69) is 23.3 Å². The molecule has 4 nitrogen and oxygen atoms in total. The summed E-state index contributed by atoms with van der Waals surface area (Å²) in [5.74, 6) is 0.255. The van der Waals surface area contributed by atoms with E-state index in [-0.39, 0.29) is 5.91 Å². The summed E-state index contributed by atoms with van der Waals surface area (Å²) in [6.45, 7) is 4.71. The van der Waals surface area contributed by atoms with Crippen LogP contribution in [0, 0.1) is 0 Å². The summed E-state index contributed by atoms with van der Waals surface area (Å²) >= 11 is 0. The topological polar surface area (TPSA) is 45.2 Å². The molecule has 1 atom stereocenters. The van der Waals surface area contributed by atoms with Crippen LogP contribution in [0.3, 0.4) is 0 Å². The zero-order chi connectivity index (χ0) is 14.7. The number of hydrogen-bond acceptors (Lipinski definition) is 3. The number of pyridine rings is 1. The summed E-state index contributed by atoms with van der Waals surface area (Å²) in [5.41, 5.74) is 2.20. The van der Waals surface area contributed by atoms with Gasteiger partial charge in [-0.1, -0.05) is 18.2 Å². The van der Waals surface area contributed by atoms with Crippen molar-refractivity contribution >= 4 is 16.8 Å². The number of nitrogens with one attached hydrogen (secondary N) is 1. The van der Waals surface area contributed by atoms with Gasteiger partial charge in [-0.3, -0.25) is 9.78 Å².